The van der Waals surface area contributed by atoms with Gasteiger partial charge in [-0.05, 0) is 64.4 Å². The van der Waals surface area contributed by atoms with Crippen molar-refractivity contribution in [3.05, 3.63) is 35.9 Å². The van der Waals surface area contributed by atoms with Gasteiger partial charge >= 0.3 is 18.2 Å². The van der Waals surface area contributed by atoms with Crippen LogP contribution in [0, 0.1) is 11.8 Å². The van der Waals surface area contributed by atoms with E-state index in [1.165, 1.54) is 7.11 Å². The molecule has 0 spiro atoms. The number of piperidine rings is 2. The first-order valence-electron chi connectivity index (χ1n) is 15.0. The van der Waals surface area contributed by atoms with E-state index in [1.54, 1.807) is 21.9 Å². The largest absolute Gasteiger partial charge is 0.467 e. The monoisotopic (exact) mass is 602 g/mol. The number of carbonyl (C=O) groups is 5. The average Bonchev–Trinajstić information content (AvgIpc) is 3.00. The minimum absolute atomic E-state index is 0.0161. The predicted molar refractivity (Wildman–Crippen MR) is 158 cm³/mol. The van der Waals surface area contributed by atoms with Crippen LogP contribution in [-0.4, -0.2) is 91.2 Å². The quantitative estimate of drug-likeness (QED) is 0.307. The lowest BCUT2D eigenvalue weighted by Gasteiger charge is -2.34. The van der Waals surface area contributed by atoms with Crippen molar-refractivity contribution in [1.29, 1.82) is 0 Å². The number of esters is 1. The summed E-state index contributed by atoms with van der Waals surface area (Å²) >= 11 is 0. The smallest absolute Gasteiger partial charge is 0.410 e. The summed E-state index contributed by atoms with van der Waals surface area (Å²) in [5, 5.41) is 5.17. The molecule has 2 atom stereocenters. The van der Waals surface area contributed by atoms with E-state index in [-0.39, 0.29) is 31.1 Å². The Hall–Kier alpha value is -3.83. The number of alkyl carbamates (subject to hydrolysis) is 1. The van der Waals surface area contributed by atoms with E-state index in [2.05, 4.69) is 10.6 Å². The maximum absolute atomic E-state index is 13.0. The average molecular weight is 603 g/mol. The second kappa shape index (κ2) is 16.1. The first-order chi connectivity index (χ1) is 20.4. The third kappa shape index (κ3) is 11.4. The van der Waals surface area contributed by atoms with E-state index in [9.17, 15) is 24.0 Å². The highest BCUT2D eigenvalue weighted by Gasteiger charge is 2.31. The van der Waals surface area contributed by atoms with Crippen molar-refractivity contribution in [3.63, 3.8) is 0 Å². The van der Waals surface area contributed by atoms with Crippen molar-refractivity contribution >= 4 is 30.0 Å². The number of hydrogen-bond donors (Lipinski definition) is 2. The van der Waals surface area contributed by atoms with Gasteiger partial charge in [-0.2, -0.15) is 0 Å². The zero-order valence-electron chi connectivity index (χ0n) is 25.8. The normalized spacial score (nSPS) is 18.3. The number of amides is 4. The van der Waals surface area contributed by atoms with Gasteiger partial charge in [0.1, 0.15) is 18.2 Å². The Bertz CT molecular complexity index is 1100. The molecule has 0 radical (unpaired) electrons. The number of benzene rings is 1. The second-order valence-corrected chi connectivity index (χ2v) is 12.2. The van der Waals surface area contributed by atoms with Crippen molar-refractivity contribution < 1.29 is 38.2 Å². The molecule has 2 fully saturated rings. The molecule has 2 aliphatic heterocycles. The molecule has 2 aliphatic rings. The van der Waals surface area contributed by atoms with Gasteiger partial charge in [0.05, 0.1) is 13.0 Å². The van der Waals surface area contributed by atoms with E-state index in [4.69, 9.17) is 14.2 Å². The molecule has 1 aromatic carbocycles. The van der Waals surface area contributed by atoms with E-state index >= 15 is 0 Å². The summed E-state index contributed by atoms with van der Waals surface area (Å²) in [6.07, 6.45) is 3.00. The van der Waals surface area contributed by atoms with E-state index < -0.39 is 29.6 Å². The van der Waals surface area contributed by atoms with Crippen LogP contribution in [0.2, 0.25) is 0 Å². The molecule has 2 N–H and O–H groups in total. The van der Waals surface area contributed by atoms with Crippen molar-refractivity contribution in [2.45, 2.75) is 77.5 Å². The van der Waals surface area contributed by atoms with Gasteiger partial charge in [0.15, 0.2) is 0 Å². The molecule has 0 saturated carbocycles. The summed E-state index contributed by atoms with van der Waals surface area (Å²) in [5.74, 6) is -1.05. The maximum atomic E-state index is 13.0. The second-order valence-electron chi connectivity index (χ2n) is 12.2. The van der Waals surface area contributed by atoms with Gasteiger partial charge in [-0.15, -0.1) is 0 Å². The van der Waals surface area contributed by atoms with Gasteiger partial charge in [-0.25, -0.2) is 14.4 Å². The molecule has 0 aromatic heterocycles. The first kappa shape index (κ1) is 33.7. The van der Waals surface area contributed by atoms with Crippen LogP contribution in [0.15, 0.2) is 30.3 Å². The molecule has 43 heavy (non-hydrogen) atoms. The molecular formula is C31H46N4O8. The maximum Gasteiger partial charge on any atom is 0.410 e. The van der Waals surface area contributed by atoms with Crippen LogP contribution >= 0.6 is 0 Å². The lowest BCUT2D eigenvalue weighted by atomic mass is 9.91. The minimum Gasteiger partial charge on any atom is -0.467 e. The van der Waals surface area contributed by atoms with Crippen LogP contribution in [-0.2, 0) is 35.2 Å². The Morgan fingerprint density at radius 1 is 0.977 bits per heavy atom. The highest BCUT2D eigenvalue weighted by molar-refractivity contribution is 5.84. The third-order valence-electron chi connectivity index (χ3n) is 7.65. The molecule has 12 nitrogen and oxygen atoms in total. The zero-order valence-corrected chi connectivity index (χ0v) is 25.8. The van der Waals surface area contributed by atoms with Crippen LogP contribution in [0.3, 0.4) is 0 Å². The van der Waals surface area contributed by atoms with Crippen LogP contribution in [0.1, 0.15) is 64.9 Å². The standard InChI is InChI=1S/C31H46N4O8/c1-31(2,3)43-30(40)34-17-14-22(15-18-34)12-13-26(36)35-16-8-11-24(20-35)27(37)32-19-25(28(38)41-4)33-29(39)42-21-23-9-6-5-7-10-23/h5-7,9-10,22,24-25H,8,11-21H2,1-4H3,(H,32,37)(H,33,39)/t24-,25?/m1/s1. The van der Waals surface area contributed by atoms with Crippen molar-refractivity contribution in [2.24, 2.45) is 11.8 Å². The zero-order chi connectivity index (χ0) is 31.4. The number of ether oxygens (including phenoxy) is 3. The topological polar surface area (TPSA) is 144 Å². The molecule has 238 valence electrons. The summed E-state index contributed by atoms with van der Waals surface area (Å²) < 4.78 is 15.4. The molecule has 12 heteroatoms. The van der Waals surface area contributed by atoms with Crippen molar-refractivity contribution in [2.75, 3.05) is 39.8 Å². The molecule has 0 aliphatic carbocycles. The van der Waals surface area contributed by atoms with Gasteiger partial charge in [0.25, 0.3) is 0 Å². The lowest BCUT2D eigenvalue weighted by Crippen LogP contribution is -2.51. The minimum atomic E-state index is -1.12. The van der Waals surface area contributed by atoms with E-state index in [0.29, 0.717) is 51.4 Å². The van der Waals surface area contributed by atoms with Gasteiger partial charge in [0, 0.05) is 39.1 Å². The number of nitrogens with zero attached hydrogens (tertiary/aromatic N) is 2. The molecule has 2 saturated heterocycles. The van der Waals surface area contributed by atoms with Gasteiger partial charge in [0.2, 0.25) is 11.8 Å². The number of hydrogen-bond acceptors (Lipinski definition) is 8. The highest BCUT2D eigenvalue weighted by Crippen LogP contribution is 2.25. The van der Waals surface area contributed by atoms with E-state index in [1.807, 2.05) is 39.0 Å². The molecule has 1 unspecified atom stereocenters. The number of rotatable bonds is 10. The number of likely N-dealkylation sites (tertiary alicyclic amines) is 2. The van der Waals surface area contributed by atoms with Crippen LogP contribution in [0.5, 0.6) is 0 Å². The summed E-state index contributed by atoms with van der Waals surface area (Å²) in [4.78, 5) is 66.2. The number of carbonyl (C=O) groups excluding carboxylic acids is 5. The van der Waals surface area contributed by atoms with Crippen LogP contribution in [0.25, 0.3) is 0 Å². The van der Waals surface area contributed by atoms with Crippen LogP contribution < -0.4 is 10.6 Å². The van der Waals surface area contributed by atoms with E-state index in [0.717, 1.165) is 24.8 Å². The number of methoxy groups -OCH3 is 1. The molecule has 4 amide bonds. The van der Waals surface area contributed by atoms with Crippen molar-refractivity contribution in [3.8, 4) is 0 Å². The molecule has 0 bridgehead atoms. The SMILES string of the molecule is COC(=O)C(CNC(=O)[C@@H]1CCCN(C(=O)CCC2CCN(C(=O)OC(C)(C)C)CC2)C1)NC(=O)OCc1ccccc1. The summed E-state index contributed by atoms with van der Waals surface area (Å²) in [6.45, 7) is 7.54. The Labute approximate surface area is 253 Å². The fourth-order valence-electron chi connectivity index (χ4n) is 5.22. The molecule has 1 aromatic rings. The molecule has 3 rings (SSSR count). The third-order valence-corrected chi connectivity index (χ3v) is 7.65. The Morgan fingerprint density at radius 2 is 1.67 bits per heavy atom. The first-order valence-corrected chi connectivity index (χ1v) is 15.0. The Morgan fingerprint density at radius 3 is 2.33 bits per heavy atom. The summed E-state index contributed by atoms with van der Waals surface area (Å²) in [5.41, 5.74) is 0.265. The fourth-order valence-corrected chi connectivity index (χ4v) is 5.22. The Kier molecular flexibility index (Phi) is 12.6. The summed E-state index contributed by atoms with van der Waals surface area (Å²) in [7, 11) is 1.20. The summed E-state index contributed by atoms with van der Waals surface area (Å²) in [6, 6.07) is 7.98. The van der Waals surface area contributed by atoms with Crippen LogP contribution in [0.4, 0.5) is 9.59 Å². The van der Waals surface area contributed by atoms with Crippen molar-refractivity contribution in [1.82, 2.24) is 20.4 Å². The molecule has 2 heterocycles. The fraction of sp³-hybridized carbons (Fsp3) is 0.645. The molecular weight excluding hydrogens is 556 g/mol. The van der Waals surface area contributed by atoms with Gasteiger partial charge in [-0.3, -0.25) is 9.59 Å². The van der Waals surface area contributed by atoms with Gasteiger partial charge < -0.3 is 34.6 Å². The Balaban J connectivity index is 1.40. The predicted octanol–water partition coefficient (Wildman–Crippen LogP) is 3.24. The number of nitrogens with one attached hydrogen (secondary N) is 2. The van der Waals surface area contributed by atoms with Gasteiger partial charge in [-0.1, -0.05) is 30.3 Å². The highest BCUT2D eigenvalue weighted by atomic mass is 16.6. The lowest BCUT2D eigenvalue weighted by molar-refractivity contribution is -0.143.